The van der Waals surface area contributed by atoms with Gasteiger partial charge in [0.25, 0.3) is 0 Å². The normalized spacial score (nSPS) is 19.4. The number of carbonyl (C=O) groups excluding carboxylic acids is 1. The first-order valence-corrected chi connectivity index (χ1v) is 11.6. The fraction of sp³-hybridized carbons (Fsp3) is 0.654. The van der Waals surface area contributed by atoms with Crippen molar-refractivity contribution in [3.05, 3.63) is 48.6 Å². The number of hydrogen-bond donors (Lipinski definition) is 0. The van der Waals surface area contributed by atoms with Crippen molar-refractivity contribution in [2.75, 3.05) is 13.7 Å². The summed E-state index contributed by atoms with van der Waals surface area (Å²) >= 11 is 0. The van der Waals surface area contributed by atoms with Crippen molar-refractivity contribution < 1.29 is 14.3 Å². The second-order valence-corrected chi connectivity index (χ2v) is 9.55. The second-order valence-electron chi connectivity index (χ2n) is 9.55. The van der Waals surface area contributed by atoms with Gasteiger partial charge in [-0.2, -0.15) is 0 Å². The van der Waals surface area contributed by atoms with Crippen LogP contribution in [0.15, 0.2) is 43.0 Å². The van der Waals surface area contributed by atoms with Gasteiger partial charge in [-0.05, 0) is 51.0 Å². The number of nitrogens with zero attached hydrogens (tertiary/aromatic N) is 2. The molecule has 0 aromatic heterocycles. The van der Waals surface area contributed by atoms with Crippen LogP contribution >= 0.6 is 0 Å². The molecule has 1 saturated heterocycles. The summed E-state index contributed by atoms with van der Waals surface area (Å²) in [5.41, 5.74) is 0.791. The van der Waals surface area contributed by atoms with E-state index in [4.69, 9.17) is 9.47 Å². The average molecular weight is 431 g/mol. The van der Waals surface area contributed by atoms with Gasteiger partial charge >= 0.3 is 0 Å². The van der Waals surface area contributed by atoms with Gasteiger partial charge < -0.3 is 9.47 Å². The van der Waals surface area contributed by atoms with Crippen LogP contribution in [0.3, 0.4) is 0 Å². The lowest BCUT2D eigenvalue weighted by Gasteiger charge is -2.47. The summed E-state index contributed by atoms with van der Waals surface area (Å²) in [7, 11) is 1.75. The van der Waals surface area contributed by atoms with Crippen LogP contribution < -0.4 is 0 Å². The molecule has 0 radical (unpaired) electrons. The average Bonchev–Trinajstić information content (AvgIpc) is 3.21. The molecule has 0 aliphatic carbocycles. The molecule has 1 aromatic rings. The number of methoxy groups -OCH3 is 1. The summed E-state index contributed by atoms with van der Waals surface area (Å²) in [5.74, 6) is 0.484. The van der Waals surface area contributed by atoms with Crippen molar-refractivity contribution in [2.24, 2.45) is 5.92 Å². The van der Waals surface area contributed by atoms with E-state index < -0.39 is 0 Å². The zero-order valence-corrected chi connectivity index (χ0v) is 20.3. The summed E-state index contributed by atoms with van der Waals surface area (Å²) < 4.78 is 12.3. The number of benzene rings is 1. The van der Waals surface area contributed by atoms with Gasteiger partial charge in [0.05, 0.1) is 30.4 Å². The predicted molar refractivity (Wildman–Crippen MR) is 126 cm³/mol. The van der Waals surface area contributed by atoms with E-state index in [0.717, 1.165) is 31.4 Å². The molecule has 1 amide bonds. The maximum Gasteiger partial charge on any atom is 0.234 e. The van der Waals surface area contributed by atoms with Gasteiger partial charge in [0.15, 0.2) is 0 Å². The van der Waals surface area contributed by atoms with E-state index in [-0.39, 0.29) is 29.7 Å². The third-order valence-corrected chi connectivity index (χ3v) is 6.31. The number of rotatable bonds is 12. The molecule has 1 aliphatic rings. The summed E-state index contributed by atoms with van der Waals surface area (Å²) in [4.78, 5) is 13.1. The minimum Gasteiger partial charge on any atom is -0.377 e. The Bertz CT molecular complexity index is 689. The Morgan fingerprint density at radius 1 is 1.32 bits per heavy atom. The van der Waals surface area contributed by atoms with E-state index in [0.29, 0.717) is 18.9 Å². The third-order valence-electron chi connectivity index (χ3n) is 6.31. The first-order chi connectivity index (χ1) is 14.7. The molecule has 0 unspecified atom stereocenters. The molecule has 174 valence electrons. The molecule has 1 heterocycles. The van der Waals surface area contributed by atoms with Crippen molar-refractivity contribution in [1.82, 2.24) is 10.0 Å². The topological polar surface area (TPSA) is 42.0 Å². The number of amides is 1. The molecule has 2 rings (SSSR count). The Hall–Kier alpha value is -1.69. The van der Waals surface area contributed by atoms with Crippen LogP contribution in [0.25, 0.3) is 0 Å². The number of hydrazine groups is 1. The van der Waals surface area contributed by atoms with Gasteiger partial charge in [0.1, 0.15) is 0 Å². The molecule has 1 aliphatic heterocycles. The monoisotopic (exact) mass is 430 g/mol. The lowest BCUT2D eigenvalue weighted by molar-refractivity contribution is -0.181. The van der Waals surface area contributed by atoms with Crippen molar-refractivity contribution in [3.8, 4) is 0 Å². The van der Waals surface area contributed by atoms with E-state index in [2.05, 4.69) is 51.4 Å². The quantitative estimate of drug-likeness (QED) is 0.427. The molecule has 0 bridgehead atoms. The Morgan fingerprint density at radius 3 is 2.55 bits per heavy atom. The minimum atomic E-state index is -0.342. The summed E-state index contributed by atoms with van der Waals surface area (Å²) in [6.07, 6.45) is 5.39. The van der Waals surface area contributed by atoms with E-state index in [1.807, 2.05) is 29.3 Å². The molecular formula is C26H42N2O3. The second kappa shape index (κ2) is 11.8. The van der Waals surface area contributed by atoms with Crippen LogP contribution in [0.2, 0.25) is 0 Å². The zero-order valence-electron chi connectivity index (χ0n) is 20.3. The first kappa shape index (κ1) is 25.6. The standard InChI is InChI=1S/C26H42N2O3/c1-8-13-24(31-19-22-14-10-9-11-15-22)23(18-20(2)3)28(21(4)29)27-17-12-16-25(27)26(5,6)30-7/h8-11,14-15,20,23-25H,1,12-13,16-19H2,2-7H3/t23-,24-,25+/m1/s1. The molecule has 0 spiro atoms. The van der Waals surface area contributed by atoms with Crippen LogP contribution in [0.1, 0.15) is 65.9 Å². The van der Waals surface area contributed by atoms with Gasteiger partial charge in [-0.15, -0.1) is 6.58 Å². The van der Waals surface area contributed by atoms with Crippen LogP contribution in [0.4, 0.5) is 0 Å². The Kier molecular flexibility index (Phi) is 9.73. The maximum atomic E-state index is 13.1. The SMILES string of the molecule is C=CC[C@@H](OCc1ccccc1)[C@@H](CC(C)C)N(C(C)=O)N1CCC[C@H]1C(C)(C)OC. The molecule has 1 fully saturated rings. The minimum absolute atomic E-state index is 0.0572. The highest BCUT2D eigenvalue weighted by Crippen LogP contribution is 2.34. The number of ether oxygens (including phenoxy) is 2. The van der Waals surface area contributed by atoms with Crippen molar-refractivity contribution in [3.63, 3.8) is 0 Å². The highest BCUT2D eigenvalue weighted by atomic mass is 16.5. The van der Waals surface area contributed by atoms with Crippen LogP contribution in [0.5, 0.6) is 0 Å². The van der Waals surface area contributed by atoms with Gasteiger partial charge in [0, 0.05) is 20.6 Å². The molecule has 31 heavy (non-hydrogen) atoms. The van der Waals surface area contributed by atoms with Gasteiger partial charge in [-0.3, -0.25) is 9.80 Å². The summed E-state index contributed by atoms with van der Waals surface area (Å²) in [5, 5.41) is 4.23. The zero-order chi connectivity index (χ0) is 23.0. The van der Waals surface area contributed by atoms with Gasteiger partial charge in [0.2, 0.25) is 5.91 Å². The van der Waals surface area contributed by atoms with E-state index >= 15 is 0 Å². The Labute approximate surface area is 189 Å². The highest BCUT2D eigenvalue weighted by molar-refractivity contribution is 5.73. The molecule has 5 heteroatoms. The Morgan fingerprint density at radius 2 is 2.00 bits per heavy atom. The lowest BCUT2D eigenvalue weighted by Crippen LogP contribution is -2.61. The molecule has 3 atom stereocenters. The van der Waals surface area contributed by atoms with Crippen molar-refractivity contribution in [2.45, 2.75) is 90.7 Å². The van der Waals surface area contributed by atoms with E-state index in [9.17, 15) is 4.79 Å². The van der Waals surface area contributed by atoms with Crippen molar-refractivity contribution in [1.29, 1.82) is 0 Å². The number of carbonyl (C=O) groups is 1. The van der Waals surface area contributed by atoms with E-state index in [1.54, 1.807) is 14.0 Å². The van der Waals surface area contributed by atoms with Crippen LogP contribution in [-0.2, 0) is 20.9 Å². The first-order valence-electron chi connectivity index (χ1n) is 11.6. The lowest BCUT2D eigenvalue weighted by atomic mass is 9.94. The summed E-state index contributed by atoms with van der Waals surface area (Å²) in [6, 6.07) is 10.3. The molecular weight excluding hydrogens is 388 g/mol. The molecule has 0 N–H and O–H groups in total. The van der Waals surface area contributed by atoms with Crippen LogP contribution in [0, 0.1) is 5.92 Å². The Balaban J connectivity index is 2.35. The fourth-order valence-electron chi connectivity index (χ4n) is 4.63. The van der Waals surface area contributed by atoms with Crippen LogP contribution in [-0.4, -0.2) is 53.4 Å². The van der Waals surface area contributed by atoms with Gasteiger partial charge in [-0.1, -0.05) is 50.3 Å². The maximum absolute atomic E-state index is 13.1. The third kappa shape index (κ3) is 6.90. The molecule has 5 nitrogen and oxygen atoms in total. The number of hydrogen-bond acceptors (Lipinski definition) is 4. The molecule has 0 saturated carbocycles. The van der Waals surface area contributed by atoms with Crippen molar-refractivity contribution >= 4 is 5.91 Å². The van der Waals surface area contributed by atoms with Gasteiger partial charge in [-0.25, -0.2) is 5.01 Å². The summed E-state index contributed by atoms with van der Waals surface area (Å²) in [6.45, 7) is 15.6. The fourth-order valence-corrected chi connectivity index (χ4v) is 4.63. The molecule has 1 aromatic carbocycles. The van der Waals surface area contributed by atoms with E-state index in [1.165, 1.54) is 0 Å². The largest absolute Gasteiger partial charge is 0.377 e. The predicted octanol–water partition coefficient (Wildman–Crippen LogP) is 5.22. The highest BCUT2D eigenvalue weighted by Gasteiger charge is 2.44. The smallest absolute Gasteiger partial charge is 0.234 e.